The van der Waals surface area contributed by atoms with E-state index in [9.17, 15) is 0 Å². The van der Waals surface area contributed by atoms with Crippen molar-refractivity contribution in [2.24, 2.45) is 0 Å². The second kappa shape index (κ2) is 4.46. The van der Waals surface area contributed by atoms with Gasteiger partial charge in [0.15, 0.2) is 0 Å². The van der Waals surface area contributed by atoms with Gasteiger partial charge in [-0.2, -0.15) is 0 Å². The maximum absolute atomic E-state index is 5.39. The van der Waals surface area contributed by atoms with Gasteiger partial charge in [-0.15, -0.1) is 11.3 Å². The van der Waals surface area contributed by atoms with E-state index in [-0.39, 0.29) is 6.04 Å². The molecule has 2 nitrogen and oxygen atoms in total. The highest BCUT2D eigenvalue weighted by Crippen LogP contribution is 2.27. The Balaban J connectivity index is 2.31. The van der Waals surface area contributed by atoms with Crippen molar-refractivity contribution in [1.29, 1.82) is 0 Å². The molecule has 0 aromatic carbocycles. The Kier molecular flexibility index (Phi) is 3.25. The zero-order valence-corrected chi connectivity index (χ0v) is 10.6. The molecule has 0 aliphatic heterocycles. The SMILES string of the molecule is CNC(c1csc(I)c1)c1ccco1. The molecule has 74 valence electrons. The molecule has 0 aliphatic rings. The molecule has 0 bridgehead atoms. The number of hydrogen-bond acceptors (Lipinski definition) is 3. The van der Waals surface area contributed by atoms with E-state index >= 15 is 0 Å². The molecule has 0 amide bonds. The van der Waals surface area contributed by atoms with Gasteiger partial charge < -0.3 is 9.73 Å². The van der Waals surface area contributed by atoms with Crippen LogP contribution in [0.3, 0.4) is 0 Å². The van der Waals surface area contributed by atoms with Crippen LogP contribution in [-0.4, -0.2) is 7.05 Å². The van der Waals surface area contributed by atoms with Gasteiger partial charge in [-0.1, -0.05) is 0 Å². The highest BCUT2D eigenvalue weighted by molar-refractivity contribution is 14.1. The molecule has 2 aromatic heterocycles. The molecule has 4 heteroatoms. The third kappa shape index (κ3) is 2.02. The monoisotopic (exact) mass is 319 g/mol. The first-order valence-electron chi connectivity index (χ1n) is 4.26. The molecule has 2 rings (SSSR count). The molecule has 1 unspecified atom stereocenters. The Morgan fingerprint density at radius 2 is 2.43 bits per heavy atom. The minimum Gasteiger partial charge on any atom is -0.467 e. The van der Waals surface area contributed by atoms with Gasteiger partial charge in [0.1, 0.15) is 5.76 Å². The molecule has 1 N–H and O–H groups in total. The van der Waals surface area contributed by atoms with E-state index in [4.69, 9.17) is 4.42 Å². The van der Waals surface area contributed by atoms with Crippen molar-refractivity contribution in [2.75, 3.05) is 7.05 Å². The number of nitrogens with one attached hydrogen (secondary N) is 1. The van der Waals surface area contributed by atoms with Crippen molar-refractivity contribution < 1.29 is 4.42 Å². The molecular formula is C10H10INOS. The predicted octanol–water partition coefficient (Wildman–Crippen LogP) is 3.25. The second-order valence-corrected chi connectivity index (χ2v) is 5.73. The number of halogens is 1. The lowest BCUT2D eigenvalue weighted by Crippen LogP contribution is -2.16. The van der Waals surface area contributed by atoms with E-state index in [1.807, 2.05) is 19.2 Å². The van der Waals surface area contributed by atoms with Gasteiger partial charge in [0.05, 0.1) is 15.2 Å². The van der Waals surface area contributed by atoms with Crippen LogP contribution in [-0.2, 0) is 0 Å². The minimum atomic E-state index is 0.171. The summed E-state index contributed by atoms with van der Waals surface area (Å²) < 4.78 is 6.69. The summed E-state index contributed by atoms with van der Waals surface area (Å²) in [6.07, 6.45) is 1.71. The molecule has 2 heterocycles. The summed E-state index contributed by atoms with van der Waals surface area (Å²) in [6, 6.07) is 6.25. The van der Waals surface area contributed by atoms with Gasteiger partial charge in [-0.3, -0.25) is 0 Å². The summed E-state index contributed by atoms with van der Waals surface area (Å²) in [6.45, 7) is 0. The predicted molar refractivity (Wildman–Crippen MR) is 66.6 cm³/mol. The second-order valence-electron chi connectivity index (χ2n) is 2.92. The summed E-state index contributed by atoms with van der Waals surface area (Å²) in [5.74, 6) is 0.960. The zero-order chi connectivity index (χ0) is 9.97. The van der Waals surface area contributed by atoms with Crippen LogP contribution < -0.4 is 5.32 Å². The molecule has 0 saturated carbocycles. The van der Waals surface area contributed by atoms with Crippen LogP contribution >= 0.6 is 33.9 Å². The molecule has 0 fully saturated rings. The summed E-state index contributed by atoms with van der Waals surface area (Å²) in [5, 5.41) is 5.40. The lowest BCUT2D eigenvalue weighted by Gasteiger charge is -2.11. The third-order valence-corrected chi connectivity index (χ3v) is 3.84. The van der Waals surface area contributed by atoms with Crippen molar-refractivity contribution in [3.05, 3.63) is 44.0 Å². The van der Waals surface area contributed by atoms with Crippen LogP contribution in [0.15, 0.2) is 34.3 Å². The average molecular weight is 319 g/mol. The van der Waals surface area contributed by atoms with Crippen molar-refractivity contribution in [3.8, 4) is 0 Å². The summed E-state index contributed by atoms with van der Waals surface area (Å²) in [7, 11) is 1.94. The van der Waals surface area contributed by atoms with Gasteiger partial charge in [-0.25, -0.2) is 0 Å². The summed E-state index contributed by atoms with van der Waals surface area (Å²) in [5.41, 5.74) is 1.26. The fourth-order valence-corrected chi connectivity index (χ4v) is 2.80. The molecule has 0 radical (unpaired) electrons. The third-order valence-electron chi connectivity index (χ3n) is 2.04. The lowest BCUT2D eigenvalue weighted by atomic mass is 10.1. The number of furan rings is 1. The maximum Gasteiger partial charge on any atom is 0.125 e. The standard InChI is InChI=1S/C10H10INOS/c1-12-10(8-3-2-4-13-8)7-5-9(11)14-6-7/h2-6,10,12H,1H3. The smallest absolute Gasteiger partial charge is 0.125 e. The molecule has 0 saturated heterocycles. The zero-order valence-electron chi connectivity index (χ0n) is 7.66. The normalized spacial score (nSPS) is 13.0. The number of hydrogen-bond donors (Lipinski definition) is 1. The van der Waals surface area contributed by atoms with Crippen molar-refractivity contribution in [3.63, 3.8) is 0 Å². The van der Waals surface area contributed by atoms with Crippen LogP contribution in [0.4, 0.5) is 0 Å². The molecule has 2 aromatic rings. The Bertz CT molecular complexity index is 396. The van der Waals surface area contributed by atoms with E-state index in [0.717, 1.165) is 5.76 Å². The van der Waals surface area contributed by atoms with E-state index in [1.54, 1.807) is 17.6 Å². The van der Waals surface area contributed by atoms with Gasteiger partial charge >= 0.3 is 0 Å². The summed E-state index contributed by atoms with van der Waals surface area (Å²) in [4.78, 5) is 0. The van der Waals surface area contributed by atoms with Crippen molar-refractivity contribution >= 4 is 33.9 Å². The first-order chi connectivity index (χ1) is 6.81. The van der Waals surface area contributed by atoms with Crippen LogP contribution in [0, 0.1) is 2.88 Å². The first-order valence-corrected chi connectivity index (χ1v) is 6.21. The molecule has 14 heavy (non-hydrogen) atoms. The average Bonchev–Trinajstić information content (AvgIpc) is 2.79. The quantitative estimate of drug-likeness (QED) is 0.879. The molecule has 0 spiro atoms. The molecular weight excluding hydrogens is 309 g/mol. The molecule has 0 aliphatic carbocycles. The van der Waals surface area contributed by atoms with Gasteiger partial charge in [-0.05, 0) is 58.8 Å². The van der Waals surface area contributed by atoms with Crippen LogP contribution in [0.2, 0.25) is 0 Å². The van der Waals surface area contributed by atoms with Gasteiger partial charge in [0.2, 0.25) is 0 Å². The minimum absolute atomic E-state index is 0.171. The highest BCUT2D eigenvalue weighted by Gasteiger charge is 2.15. The largest absolute Gasteiger partial charge is 0.467 e. The maximum atomic E-state index is 5.39. The Labute approximate surface area is 100 Å². The number of rotatable bonds is 3. The van der Waals surface area contributed by atoms with E-state index in [1.165, 1.54) is 8.45 Å². The van der Waals surface area contributed by atoms with Crippen molar-refractivity contribution in [1.82, 2.24) is 5.32 Å². The van der Waals surface area contributed by atoms with Gasteiger partial charge in [0.25, 0.3) is 0 Å². The van der Waals surface area contributed by atoms with E-state index in [2.05, 4.69) is 39.4 Å². The van der Waals surface area contributed by atoms with Gasteiger partial charge in [0, 0.05) is 0 Å². The topological polar surface area (TPSA) is 25.2 Å². The Hall–Kier alpha value is -0.330. The Morgan fingerprint density at radius 3 is 2.93 bits per heavy atom. The summed E-state index contributed by atoms with van der Waals surface area (Å²) >= 11 is 4.08. The van der Waals surface area contributed by atoms with Crippen LogP contribution in [0.25, 0.3) is 0 Å². The van der Waals surface area contributed by atoms with E-state index in [0.29, 0.717) is 0 Å². The molecule has 1 atom stereocenters. The van der Waals surface area contributed by atoms with Crippen LogP contribution in [0.1, 0.15) is 17.4 Å². The van der Waals surface area contributed by atoms with Crippen LogP contribution in [0.5, 0.6) is 0 Å². The van der Waals surface area contributed by atoms with E-state index < -0.39 is 0 Å². The fourth-order valence-electron chi connectivity index (χ4n) is 1.40. The Morgan fingerprint density at radius 1 is 1.57 bits per heavy atom. The highest BCUT2D eigenvalue weighted by atomic mass is 127. The first kappa shape index (κ1) is 10.2. The number of thiophene rings is 1. The van der Waals surface area contributed by atoms with Crippen molar-refractivity contribution in [2.45, 2.75) is 6.04 Å². The lowest BCUT2D eigenvalue weighted by molar-refractivity contribution is 0.464. The fraction of sp³-hybridized carbons (Fsp3) is 0.200.